The van der Waals surface area contributed by atoms with E-state index in [1.54, 1.807) is 0 Å². The van der Waals surface area contributed by atoms with E-state index in [0.717, 1.165) is 29.5 Å². The molecule has 1 atom stereocenters. The number of benzene rings is 1. The second kappa shape index (κ2) is 5.65. The lowest BCUT2D eigenvalue weighted by Gasteiger charge is -2.11. The first-order valence-corrected chi connectivity index (χ1v) is 7.36. The van der Waals surface area contributed by atoms with Crippen LogP contribution >= 0.6 is 11.8 Å². The summed E-state index contributed by atoms with van der Waals surface area (Å²) in [5.41, 5.74) is 0.751. The van der Waals surface area contributed by atoms with Crippen LogP contribution < -0.4 is 10.4 Å². The fourth-order valence-electron chi connectivity index (χ4n) is 2.26. The lowest BCUT2D eigenvalue weighted by Crippen LogP contribution is -2.28. The average Bonchev–Trinajstić information content (AvgIpc) is 3.01. The summed E-state index contributed by atoms with van der Waals surface area (Å²) in [5.74, 6) is -0.263. The van der Waals surface area contributed by atoms with Crippen LogP contribution in [0.15, 0.2) is 34.2 Å². The van der Waals surface area contributed by atoms with Gasteiger partial charge in [0.1, 0.15) is 11.9 Å². The van der Waals surface area contributed by atoms with Crippen LogP contribution in [0.25, 0.3) is 0 Å². The third-order valence-corrected chi connectivity index (χ3v) is 4.11. The molecule has 21 heavy (non-hydrogen) atoms. The van der Waals surface area contributed by atoms with Crippen LogP contribution in [0.1, 0.15) is 5.56 Å². The van der Waals surface area contributed by atoms with Crippen LogP contribution in [0.4, 0.5) is 0 Å². The van der Waals surface area contributed by atoms with Gasteiger partial charge in [-0.15, -0.1) is 5.10 Å². The number of aromatic nitrogens is 3. The van der Waals surface area contributed by atoms with E-state index in [1.165, 1.54) is 4.57 Å². The molecule has 2 N–H and O–H groups in total. The topological polar surface area (TPSA) is 97.2 Å². The zero-order valence-electron chi connectivity index (χ0n) is 11.0. The third kappa shape index (κ3) is 2.94. The zero-order chi connectivity index (χ0) is 14.8. The molecule has 2 aromatic rings. The van der Waals surface area contributed by atoms with E-state index in [-0.39, 0.29) is 17.5 Å². The van der Waals surface area contributed by atoms with Gasteiger partial charge in [0.15, 0.2) is 5.16 Å². The molecular weight excluding hydrogens is 294 g/mol. The van der Waals surface area contributed by atoms with E-state index < -0.39 is 5.97 Å². The number of H-pyrrole nitrogens is 1. The number of hydrogen-bond acceptors (Lipinski definition) is 5. The SMILES string of the molecule is O=C(O)CSc1n[nH]c(=O)n1CC1Cc2ccccc2O1. The van der Waals surface area contributed by atoms with Crippen molar-refractivity contribution in [1.82, 2.24) is 14.8 Å². The third-order valence-electron chi connectivity index (χ3n) is 3.15. The van der Waals surface area contributed by atoms with Gasteiger partial charge in [0.05, 0.1) is 12.3 Å². The molecule has 0 saturated heterocycles. The molecule has 1 aliphatic heterocycles. The Balaban J connectivity index is 1.73. The summed E-state index contributed by atoms with van der Waals surface area (Å²) in [6.45, 7) is 0.339. The number of rotatable bonds is 5. The average molecular weight is 307 g/mol. The molecular formula is C13H13N3O4S. The Kier molecular flexibility index (Phi) is 3.70. The Morgan fingerprint density at radius 3 is 3.10 bits per heavy atom. The smallest absolute Gasteiger partial charge is 0.344 e. The maximum absolute atomic E-state index is 11.8. The van der Waals surface area contributed by atoms with Crippen molar-refractivity contribution in [1.29, 1.82) is 0 Å². The molecule has 0 fully saturated rings. The first-order chi connectivity index (χ1) is 10.1. The van der Waals surface area contributed by atoms with Crippen molar-refractivity contribution in [2.75, 3.05) is 5.75 Å². The van der Waals surface area contributed by atoms with Crippen molar-refractivity contribution in [3.05, 3.63) is 40.3 Å². The molecule has 7 nitrogen and oxygen atoms in total. The number of carboxylic acids is 1. The Morgan fingerprint density at radius 1 is 1.52 bits per heavy atom. The summed E-state index contributed by atoms with van der Waals surface area (Å²) in [5, 5.41) is 15.3. The monoisotopic (exact) mass is 307 g/mol. The number of carbonyl (C=O) groups is 1. The van der Waals surface area contributed by atoms with Crippen molar-refractivity contribution >= 4 is 17.7 Å². The zero-order valence-corrected chi connectivity index (χ0v) is 11.8. The maximum atomic E-state index is 11.8. The number of carboxylic acid groups (broad SMARTS) is 1. The molecule has 1 aromatic heterocycles. The standard InChI is InChI=1S/C13H13N3O4S/c17-11(18)7-21-13-15-14-12(19)16(13)6-9-5-8-3-1-2-4-10(8)20-9/h1-4,9H,5-7H2,(H,14,19)(H,17,18). The molecule has 3 rings (SSSR count). The Bertz CT molecular complexity index is 699. The predicted molar refractivity (Wildman–Crippen MR) is 75.8 cm³/mol. The van der Waals surface area contributed by atoms with Crippen LogP contribution in [0, 0.1) is 0 Å². The molecule has 1 aromatic carbocycles. The van der Waals surface area contributed by atoms with Gasteiger partial charge in [-0.05, 0) is 11.6 Å². The Labute approximate surface area is 123 Å². The molecule has 0 aliphatic carbocycles. The number of ether oxygens (including phenoxy) is 1. The van der Waals surface area contributed by atoms with Crippen molar-refractivity contribution in [3.8, 4) is 5.75 Å². The lowest BCUT2D eigenvalue weighted by atomic mass is 10.1. The minimum atomic E-state index is -0.952. The largest absolute Gasteiger partial charge is 0.488 e. The molecule has 0 bridgehead atoms. The number of nitrogens with one attached hydrogen (secondary N) is 1. The number of para-hydroxylation sites is 1. The van der Waals surface area contributed by atoms with Gasteiger partial charge in [0.2, 0.25) is 0 Å². The minimum Gasteiger partial charge on any atom is -0.488 e. The number of aliphatic carboxylic acids is 1. The lowest BCUT2D eigenvalue weighted by molar-refractivity contribution is -0.133. The van der Waals surface area contributed by atoms with E-state index in [1.807, 2.05) is 24.3 Å². The highest BCUT2D eigenvalue weighted by atomic mass is 32.2. The fourth-order valence-corrected chi connectivity index (χ4v) is 2.94. The number of nitrogens with zero attached hydrogens (tertiary/aromatic N) is 2. The number of aromatic amines is 1. The fraction of sp³-hybridized carbons (Fsp3) is 0.308. The molecule has 0 saturated carbocycles. The molecule has 0 spiro atoms. The van der Waals surface area contributed by atoms with Gasteiger partial charge < -0.3 is 9.84 Å². The van der Waals surface area contributed by atoms with Gasteiger partial charge in [-0.25, -0.2) is 9.89 Å². The Hall–Kier alpha value is -2.22. The summed E-state index contributed by atoms with van der Waals surface area (Å²) in [6, 6.07) is 7.74. The quantitative estimate of drug-likeness (QED) is 0.791. The summed E-state index contributed by atoms with van der Waals surface area (Å²) in [4.78, 5) is 22.4. The van der Waals surface area contributed by atoms with E-state index in [9.17, 15) is 9.59 Å². The number of fused-ring (bicyclic) bond motifs is 1. The van der Waals surface area contributed by atoms with Gasteiger partial charge >= 0.3 is 11.7 Å². The molecule has 8 heteroatoms. The second-order valence-corrected chi connectivity index (χ2v) is 5.60. The molecule has 0 radical (unpaired) electrons. The van der Waals surface area contributed by atoms with E-state index in [0.29, 0.717) is 11.7 Å². The minimum absolute atomic E-state index is 0.143. The highest BCUT2D eigenvalue weighted by molar-refractivity contribution is 7.99. The van der Waals surface area contributed by atoms with Crippen molar-refractivity contribution in [2.45, 2.75) is 24.2 Å². The number of hydrogen-bond donors (Lipinski definition) is 2. The molecule has 1 unspecified atom stereocenters. The van der Waals surface area contributed by atoms with Crippen molar-refractivity contribution in [2.24, 2.45) is 0 Å². The summed E-state index contributed by atoms with van der Waals surface area (Å²) < 4.78 is 7.21. The molecule has 2 heterocycles. The predicted octanol–water partition coefficient (Wildman–Crippen LogP) is 0.752. The summed E-state index contributed by atoms with van der Waals surface area (Å²) >= 11 is 1.01. The van der Waals surface area contributed by atoms with Crippen molar-refractivity contribution in [3.63, 3.8) is 0 Å². The van der Waals surface area contributed by atoms with Gasteiger partial charge in [0.25, 0.3) is 0 Å². The highest BCUT2D eigenvalue weighted by Crippen LogP contribution is 2.29. The summed E-state index contributed by atoms with van der Waals surface area (Å²) in [7, 11) is 0. The first-order valence-electron chi connectivity index (χ1n) is 6.38. The van der Waals surface area contributed by atoms with Crippen molar-refractivity contribution < 1.29 is 14.6 Å². The van der Waals surface area contributed by atoms with Crippen LogP contribution in [0.3, 0.4) is 0 Å². The van der Waals surface area contributed by atoms with Gasteiger partial charge in [-0.2, -0.15) is 0 Å². The van der Waals surface area contributed by atoms with E-state index in [2.05, 4.69) is 10.2 Å². The van der Waals surface area contributed by atoms with Gasteiger partial charge in [-0.3, -0.25) is 9.36 Å². The highest BCUT2D eigenvalue weighted by Gasteiger charge is 2.24. The Morgan fingerprint density at radius 2 is 2.33 bits per heavy atom. The summed E-state index contributed by atoms with van der Waals surface area (Å²) in [6.07, 6.45) is 0.568. The van der Waals surface area contributed by atoms with E-state index >= 15 is 0 Å². The van der Waals surface area contributed by atoms with Crippen LogP contribution in [-0.4, -0.2) is 37.7 Å². The maximum Gasteiger partial charge on any atom is 0.344 e. The molecule has 110 valence electrons. The van der Waals surface area contributed by atoms with Gasteiger partial charge in [0, 0.05) is 6.42 Å². The molecule has 0 amide bonds. The van der Waals surface area contributed by atoms with Gasteiger partial charge in [-0.1, -0.05) is 30.0 Å². The number of thioether (sulfide) groups is 1. The van der Waals surface area contributed by atoms with Crippen LogP contribution in [0.2, 0.25) is 0 Å². The second-order valence-electron chi connectivity index (χ2n) is 4.66. The normalized spacial score (nSPS) is 16.5. The molecule has 1 aliphatic rings. The van der Waals surface area contributed by atoms with E-state index in [4.69, 9.17) is 9.84 Å². The van der Waals surface area contributed by atoms with Crippen LogP contribution in [-0.2, 0) is 17.8 Å². The first kappa shape index (κ1) is 13.7. The van der Waals surface area contributed by atoms with Crippen LogP contribution in [0.5, 0.6) is 5.75 Å².